The summed E-state index contributed by atoms with van der Waals surface area (Å²) >= 11 is 0. The highest BCUT2D eigenvalue weighted by molar-refractivity contribution is 5.67. The van der Waals surface area contributed by atoms with E-state index in [1.807, 2.05) is 18.2 Å². The van der Waals surface area contributed by atoms with Gasteiger partial charge in [0.1, 0.15) is 12.4 Å². The van der Waals surface area contributed by atoms with Crippen molar-refractivity contribution < 1.29 is 4.74 Å². The van der Waals surface area contributed by atoms with E-state index in [-0.39, 0.29) is 0 Å². The standard InChI is InChI=1S/C16H14O/c1-2-6-13(7-3-1)15-11-10-14-8-4-5-9-16(14)17-12-15/h1-9,11H,10,12H2. The van der Waals surface area contributed by atoms with Gasteiger partial charge in [-0.05, 0) is 29.2 Å². The lowest BCUT2D eigenvalue weighted by Gasteiger charge is -2.08. The zero-order valence-electron chi connectivity index (χ0n) is 9.60. The van der Waals surface area contributed by atoms with Crippen LogP contribution in [0.1, 0.15) is 11.1 Å². The van der Waals surface area contributed by atoms with Gasteiger partial charge < -0.3 is 4.74 Å². The second kappa shape index (κ2) is 4.46. The fourth-order valence-corrected chi connectivity index (χ4v) is 2.11. The number of ether oxygens (including phenoxy) is 1. The Balaban J connectivity index is 1.91. The average Bonchev–Trinajstić information content (AvgIpc) is 2.62. The van der Waals surface area contributed by atoms with Crippen molar-refractivity contribution in [1.82, 2.24) is 0 Å². The molecule has 3 rings (SSSR count). The molecular formula is C16H14O. The van der Waals surface area contributed by atoms with Crippen LogP contribution in [0, 0.1) is 0 Å². The van der Waals surface area contributed by atoms with Gasteiger partial charge in [0.05, 0.1) is 0 Å². The molecule has 0 saturated heterocycles. The highest BCUT2D eigenvalue weighted by Gasteiger charge is 2.09. The van der Waals surface area contributed by atoms with Crippen LogP contribution in [0.5, 0.6) is 5.75 Å². The molecule has 84 valence electrons. The van der Waals surface area contributed by atoms with Crippen molar-refractivity contribution in [3.8, 4) is 5.75 Å². The van der Waals surface area contributed by atoms with E-state index < -0.39 is 0 Å². The molecular weight excluding hydrogens is 208 g/mol. The third kappa shape index (κ3) is 2.09. The molecule has 0 radical (unpaired) electrons. The minimum atomic E-state index is 0.654. The number of allylic oxidation sites excluding steroid dienone is 1. The Labute approximate surface area is 101 Å². The monoisotopic (exact) mass is 222 g/mol. The molecule has 0 aliphatic carbocycles. The van der Waals surface area contributed by atoms with Gasteiger partial charge in [0.2, 0.25) is 0 Å². The van der Waals surface area contributed by atoms with Gasteiger partial charge in [0.15, 0.2) is 0 Å². The molecule has 2 aromatic rings. The first kappa shape index (κ1) is 10.2. The van der Waals surface area contributed by atoms with Crippen molar-refractivity contribution >= 4 is 5.57 Å². The zero-order chi connectivity index (χ0) is 11.5. The third-order valence-electron chi connectivity index (χ3n) is 3.07. The number of hydrogen-bond donors (Lipinski definition) is 0. The Kier molecular flexibility index (Phi) is 2.66. The summed E-state index contributed by atoms with van der Waals surface area (Å²) < 4.78 is 5.85. The molecule has 0 atom stereocenters. The quantitative estimate of drug-likeness (QED) is 0.714. The lowest BCUT2D eigenvalue weighted by molar-refractivity contribution is 0.369. The first-order valence-corrected chi connectivity index (χ1v) is 5.88. The molecule has 0 amide bonds. The summed E-state index contributed by atoms with van der Waals surface area (Å²) in [5.74, 6) is 1.01. The van der Waals surface area contributed by atoms with E-state index in [4.69, 9.17) is 4.74 Å². The van der Waals surface area contributed by atoms with Gasteiger partial charge >= 0.3 is 0 Å². The van der Waals surface area contributed by atoms with Crippen molar-refractivity contribution in [3.05, 3.63) is 71.8 Å². The molecule has 1 aliphatic rings. The van der Waals surface area contributed by atoms with E-state index in [2.05, 4.69) is 42.5 Å². The maximum atomic E-state index is 5.85. The Hall–Kier alpha value is -2.02. The molecule has 0 saturated carbocycles. The van der Waals surface area contributed by atoms with Crippen LogP contribution in [0.4, 0.5) is 0 Å². The van der Waals surface area contributed by atoms with Crippen LogP contribution < -0.4 is 4.74 Å². The van der Waals surface area contributed by atoms with Crippen LogP contribution in [-0.4, -0.2) is 6.61 Å². The summed E-state index contributed by atoms with van der Waals surface area (Å²) in [4.78, 5) is 0. The van der Waals surface area contributed by atoms with Crippen molar-refractivity contribution in [2.45, 2.75) is 6.42 Å². The Bertz CT molecular complexity index is 540. The summed E-state index contributed by atoms with van der Waals surface area (Å²) in [6.45, 7) is 0.654. The van der Waals surface area contributed by atoms with Crippen LogP contribution in [0.25, 0.3) is 5.57 Å². The Morgan fingerprint density at radius 1 is 0.824 bits per heavy atom. The van der Waals surface area contributed by atoms with E-state index in [1.165, 1.54) is 16.7 Å². The van der Waals surface area contributed by atoms with Crippen LogP contribution in [-0.2, 0) is 6.42 Å². The fourth-order valence-electron chi connectivity index (χ4n) is 2.11. The number of benzene rings is 2. The molecule has 0 N–H and O–H groups in total. The van der Waals surface area contributed by atoms with Gasteiger partial charge in [-0.25, -0.2) is 0 Å². The first-order valence-electron chi connectivity index (χ1n) is 5.88. The van der Waals surface area contributed by atoms with Crippen LogP contribution in [0.3, 0.4) is 0 Å². The second-order valence-electron chi connectivity index (χ2n) is 4.20. The van der Waals surface area contributed by atoms with Crippen molar-refractivity contribution in [1.29, 1.82) is 0 Å². The lowest BCUT2D eigenvalue weighted by atomic mass is 10.0. The van der Waals surface area contributed by atoms with Gasteiger partial charge in [0, 0.05) is 0 Å². The van der Waals surface area contributed by atoms with Gasteiger partial charge in [-0.2, -0.15) is 0 Å². The average molecular weight is 222 g/mol. The SMILES string of the molecule is C1=C(c2ccccc2)COc2ccccc2C1. The normalized spacial score (nSPS) is 14.2. The van der Waals surface area contributed by atoms with Crippen molar-refractivity contribution in [2.75, 3.05) is 6.61 Å². The molecule has 1 nitrogen and oxygen atoms in total. The summed E-state index contributed by atoms with van der Waals surface area (Å²) in [6.07, 6.45) is 3.21. The summed E-state index contributed by atoms with van der Waals surface area (Å²) in [6, 6.07) is 18.7. The highest BCUT2D eigenvalue weighted by atomic mass is 16.5. The van der Waals surface area contributed by atoms with E-state index in [0.29, 0.717) is 6.61 Å². The lowest BCUT2D eigenvalue weighted by Crippen LogP contribution is -1.99. The molecule has 0 spiro atoms. The molecule has 0 fully saturated rings. The van der Waals surface area contributed by atoms with Gasteiger partial charge in [-0.15, -0.1) is 0 Å². The van der Waals surface area contributed by atoms with Gasteiger partial charge in [0.25, 0.3) is 0 Å². The van der Waals surface area contributed by atoms with E-state index in [9.17, 15) is 0 Å². The van der Waals surface area contributed by atoms with Gasteiger partial charge in [-0.3, -0.25) is 0 Å². The molecule has 0 aromatic heterocycles. The molecule has 2 aromatic carbocycles. The molecule has 0 bridgehead atoms. The van der Waals surface area contributed by atoms with Crippen molar-refractivity contribution in [2.24, 2.45) is 0 Å². The smallest absolute Gasteiger partial charge is 0.123 e. The summed E-state index contributed by atoms with van der Waals surface area (Å²) in [7, 11) is 0. The molecule has 0 unspecified atom stereocenters. The minimum Gasteiger partial charge on any atom is -0.489 e. The zero-order valence-corrected chi connectivity index (χ0v) is 9.60. The predicted molar refractivity (Wildman–Crippen MR) is 70.1 cm³/mol. The number of fused-ring (bicyclic) bond motifs is 1. The molecule has 1 aliphatic heterocycles. The van der Waals surface area contributed by atoms with Crippen LogP contribution >= 0.6 is 0 Å². The predicted octanol–water partition coefficient (Wildman–Crippen LogP) is 3.71. The Morgan fingerprint density at radius 2 is 1.59 bits per heavy atom. The van der Waals surface area contributed by atoms with E-state index in [1.54, 1.807) is 0 Å². The van der Waals surface area contributed by atoms with Crippen molar-refractivity contribution in [3.63, 3.8) is 0 Å². The number of hydrogen-bond acceptors (Lipinski definition) is 1. The largest absolute Gasteiger partial charge is 0.489 e. The first-order chi connectivity index (χ1) is 8.43. The summed E-state index contributed by atoms with van der Waals surface area (Å²) in [5, 5.41) is 0. The minimum absolute atomic E-state index is 0.654. The van der Waals surface area contributed by atoms with E-state index in [0.717, 1.165) is 12.2 Å². The summed E-state index contributed by atoms with van der Waals surface area (Å²) in [5.41, 5.74) is 3.78. The van der Waals surface area contributed by atoms with Gasteiger partial charge in [-0.1, -0.05) is 54.6 Å². The number of rotatable bonds is 1. The van der Waals surface area contributed by atoms with Crippen LogP contribution in [0.15, 0.2) is 60.7 Å². The number of para-hydroxylation sites is 1. The fraction of sp³-hybridized carbons (Fsp3) is 0.125. The van der Waals surface area contributed by atoms with Crippen LogP contribution in [0.2, 0.25) is 0 Å². The highest BCUT2D eigenvalue weighted by Crippen LogP contribution is 2.26. The molecule has 1 heteroatoms. The maximum absolute atomic E-state index is 5.85. The third-order valence-corrected chi connectivity index (χ3v) is 3.07. The second-order valence-corrected chi connectivity index (χ2v) is 4.20. The van der Waals surface area contributed by atoms with E-state index >= 15 is 0 Å². The molecule has 17 heavy (non-hydrogen) atoms. The molecule has 1 heterocycles. The topological polar surface area (TPSA) is 9.23 Å². The maximum Gasteiger partial charge on any atom is 0.123 e. The Morgan fingerprint density at radius 3 is 2.47 bits per heavy atom.